The number of benzene rings is 2. The van der Waals surface area contributed by atoms with Gasteiger partial charge in [-0.2, -0.15) is 4.31 Å². The largest absolute Gasteiger partial charge is 0.492 e. The number of hydrogen-bond acceptors (Lipinski definition) is 7. The van der Waals surface area contributed by atoms with Crippen molar-refractivity contribution in [1.29, 1.82) is 0 Å². The third-order valence-corrected chi connectivity index (χ3v) is 8.33. The normalized spacial score (nSPS) is 18.4. The van der Waals surface area contributed by atoms with E-state index in [0.717, 1.165) is 29.9 Å². The molecule has 2 aromatic rings. The zero-order valence-electron chi connectivity index (χ0n) is 21.2. The molecule has 2 aliphatic heterocycles. The fourth-order valence-electron chi connectivity index (χ4n) is 4.64. The highest BCUT2D eigenvalue weighted by atomic mass is 32.2. The molecule has 0 spiro atoms. The molecule has 0 unspecified atom stereocenters. The van der Waals surface area contributed by atoms with Crippen molar-refractivity contribution in [1.82, 2.24) is 4.31 Å². The fourth-order valence-corrected chi connectivity index (χ4v) is 5.87. The van der Waals surface area contributed by atoms with Crippen LogP contribution >= 0.6 is 0 Å². The lowest BCUT2D eigenvalue weighted by Crippen LogP contribution is -2.51. The summed E-state index contributed by atoms with van der Waals surface area (Å²) in [5.74, 6) is 0.664. The number of rotatable bonds is 9. The Morgan fingerprint density at radius 2 is 1.69 bits per heavy atom. The van der Waals surface area contributed by atoms with E-state index in [2.05, 4.69) is 10.2 Å². The van der Waals surface area contributed by atoms with Crippen LogP contribution in [-0.2, 0) is 32.5 Å². The van der Waals surface area contributed by atoms with Gasteiger partial charge in [-0.05, 0) is 38.3 Å². The topological polar surface area (TPSA) is 97.4 Å². The van der Waals surface area contributed by atoms with E-state index in [9.17, 15) is 13.2 Å². The standard InChI is InChI=1S/C26H35N3O6S/c1-4-34-24-17-22(28-11-13-33-14-12-28)25(35-5-2)16-21(24)27-26(30)23-15-19-9-7-8-10-20(19)18-29(23)36(31,32)6-3/h7-10,16-17,23H,4-6,11-15,18H2,1-3H3,(H,27,30)/t23-/m0/s1. The van der Waals surface area contributed by atoms with Crippen LogP contribution in [0.25, 0.3) is 0 Å². The lowest BCUT2D eigenvalue weighted by atomic mass is 9.95. The van der Waals surface area contributed by atoms with E-state index < -0.39 is 22.0 Å². The molecular weight excluding hydrogens is 482 g/mol. The minimum atomic E-state index is -3.61. The molecule has 10 heteroatoms. The molecule has 0 aliphatic carbocycles. The summed E-state index contributed by atoms with van der Waals surface area (Å²) in [6.45, 7) is 9.12. The Hall–Kier alpha value is -2.82. The van der Waals surface area contributed by atoms with Crippen molar-refractivity contribution in [3.05, 3.63) is 47.5 Å². The maximum Gasteiger partial charge on any atom is 0.243 e. The molecule has 0 bridgehead atoms. The molecule has 9 nitrogen and oxygen atoms in total. The van der Waals surface area contributed by atoms with Crippen LogP contribution in [0.2, 0.25) is 0 Å². The lowest BCUT2D eigenvalue weighted by molar-refractivity contribution is -0.120. The molecule has 1 N–H and O–H groups in total. The Balaban J connectivity index is 1.68. The van der Waals surface area contributed by atoms with Gasteiger partial charge >= 0.3 is 0 Å². The fraction of sp³-hybridized carbons (Fsp3) is 0.500. The molecule has 1 fully saturated rings. The Morgan fingerprint density at radius 3 is 2.36 bits per heavy atom. The van der Waals surface area contributed by atoms with Crippen LogP contribution in [0.1, 0.15) is 31.9 Å². The molecule has 36 heavy (non-hydrogen) atoms. The number of carbonyl (C=O) groups is 1. The van der Waals surface area contributed by atoms with Crippen LogP contribution < -0.4 is 19.7 Å². The monoisotopic (exact) mass is 517 g/mol. The quantitative estimate of drug-likeness (QED) is 0.546. The van der Waals surface area contributed by atoms with Crippen molar-refractivity contribution in [3.63, 3.8) is 0 Å². The van der Waals surface area contributed by atoms with Crippen molar-refractivity contribution in [3.8, 4) is 11.5 Å². The summed E-state index contributed by atoms with van der Waals surface area (Å²) in [5, 5.41) is 2.96. The number of fused-ring (bicyclic) bond motifs is 1. The summed E-state index contributed by atoms with van der Waals surface area (Å²) < 4.78 is 44.5. The van der Waals surface area contributed by atoms with Gasteiger partial charge in [-0.3, -0.25) is 4.79 Å². The summed E-state index contributed by atoms with van der Waals surface area (Å²) in [5.41, 5.74) is 3.23. The molecule has 2 heterocycles. The van der Waals surface area contributed by atoms with E-state index in [0.29, 0.717) is 50.0 Å². The van der Waals surface area contributed by atoms with Gasteiger partial charge in [-0.25, -0.2) is 8.42 Å². The smallest absolute Gasteiger partial charge is 0.243 e. The van der Waals surface area contributed by atoms with Gasteiger partial charge in [0.1, 0.15) is 17.5 Å². The molecule has 4 rings (SSSR count). The third kappa shape index (κ3) is 5.61. The van der Waals surface area contributed by atoms with Crippen LogP contribution in [0.15, 0.2) is 36.4 Å². The van der Waals surface area contributed by atoms with Gasteiger partial charge in [-0.15, -0.1) is 0 Å². The zero-order chi connectivity index (χ0) is 25.7. The van der Waals surface area contributed by atoms with E-state index in [1.54, 1.807) is 13.0 Å². The zero-order valence-corrected chi connectivity index (χ0v) is 22.0. The molecule has 1 atom stereocenters. The average Bonchev–Trinajstić information content (AvgIpc) is 2.90. The molecule has 2 aliphatic rings. The Labute approximate surface area is 213 Å². The first-order valence-corrected chi connectivity index (χ1v) is 14.1. The number of carbonyl (C=O) groups excluding carboxylic acids is 1. The Bertz CT molecular complexity index is 1180. The van der Waals surface area contributed by atoms with Crippen LogP contribution in [-0.4, -0.2) is 69.9 Å². The second-order valence-corrected chi connectivity index (χ2v) is 10.9. The number of anilines is 2. The van der Waals surface area contributed by atoms with Gasteiger partial charge in [0.15, 0.2) is 0 Å². The first kappa shape index (κ1) is 26.2. The van der Waals surface area contributed by atoms with E-state index in [4.69, 9.17) is 14.2 Å². The average molecular weight is 518 g/mol. The van der Waals surface area contributed by atoms with Crippen molar-refractivity contribution in [2.24, 2.45) is 0 Å². The number of nitrogens with zero attached hydrogens (tertiary/aromatic N) is 2. The van der Waals surface area contributed by atoms with Crippen molar-refractivity contribution >= 4 is 27.3 Å². The summed E-state index contributed by atoms with van der Waals surface area (Å²) in [7, 11) is -3.61. The minimum absolute atomic E-state index is 0.0775. The van der Waals surface area contributed by atoms with Gasteiger partial charge < -0.3 is 24.4 Å². The number of nitrogens with one attached hydrogen (secondary N) is 1. The van der Waals surface area contributed by atoms with Crippen molar-refractivity contribution in [2.75, 3.05) is 55.5 Å². The molecule has 0 aromatic heterocycles. The van der Waals surface area contributed by atoms with Crippen LogP contribution in [0.5, 0.6) is 11.5 Å². The van der Waals surface area contributed by atoms with E-state index in [-0.39, 0.29) is 12.3 Å². The van der Waals surface area contributed by atoms with E-state index in [1.165, 1.54) is 4.31 Å². The van der Waals surface area contributed by atoms with E-state index in [1.807, 2.05) is 44.2 Å². The molecule has 0 saturated carbocycles. The van der Waals surface area contributed by atoms with Gasteiger partial charge in [-0.1, -0.05) is 24.3 Å². The number of hydrogen-bond donors (Lipinski definition) is 1. The first-order chi connectivity index (χ1) is 17.4. The van der Waals surface area contributed by atoms with Gasteiger partial charge in [0.05, 0.1) is 43.6 Å². The summed E-state index contributed by atoms with van der Waals surface area (Å²) in [4.78, 5) is 15.8. The second-order valence-electron chi connectivity index (χ2n) is 8.71. The molecule has 1 saturated heterocycles. The number of amides is 1. The highest BCUT2D eigenvalue weighted by Gasteiger charge is 2.38. The van der Waals surface area contributed by atoms with Crippen LogP contribution in [0.4, 0.5) is 11.4 Å². The predicted molar refractivity (Wildman–Crippen MR) is 139 cm³/mol. The number of morpholine rings is 1. The molecular formula is C26H35N3O6S. The summed E-state index contributed by atoms with van der Waals surface area (Å²) in [6, 6.07) is 10.4. The van der Waals surface area contributed by atoms with Crippen LogP contribution in [0, 0.1) is 0 Å². The summed E-state index contributed by atoms with van der Waals surface area (Å²) in [6.07, 6.45) is 0.301. The maximum absolute atomic E-state index is 13.6. The minimum Gasteiger partial charge on any atom is -0.492 e. The third-order valence-electron chi connectivity index (χ3n) is 6.50. The van der Waals surface area contributed by atoms with Crippen LogP contribution in [0.3, 0.4) is 0 Å². The summed E-state index contributed by atoms with van der Waals surface area (Å²) >= 11 is 0. The Kier molecular flexibility index (Phi) is 8.38. The second kappa shape index (κ2) is 11.5. The molecule has 196 valence electrons. The first-order valence-electron chi connectivity index (χ1n) is 12.5. The highest BCUT2D eigenvalue weighted by molar-refractivity contribution is 7.89. The van der Waals surface area contributed by atoms with E-state index >= 15 is 0 Å². The Morgan fingerprint density at radius 1 is 1.03 bits per heavy atom. The van der Waals surface area contributed by atoms with Crippen molar-refractivity contribution < 1.29 is 27.4 Å². The number of ether oxygens (including phenoxy) is 3. The highest BCUT2D eigenvalue weighted by Crippen LogP contribution is 2.40. The maximum atomic E-state index is 13.6. The molecule has 1 amide bonds. The lowest BCUT2D eigenvalue weighted by Gasteiger charge is -2.35. The molecule has 0 radical (unpaired) electrons. The molecule has 2 aromatic carbocycles. The SMILES string of the molecule is CCOc1cc(N2CCOCC2)c(OCC)cc1NC(=O)[C@@H]1Cc2ccccc2CN1S(=O)(=O)CC. The van der Waals surface area contributed by atoms with Gasteiger partial charge in [0.25, 0.3) is 0 Å². The van der Waals surface area contributed by atoms with Crippen molar-refractivity contribution in [2.45, 2.75) is 39.8 Å². The predicted octanol–water partition coefficient (Wildman–Crippen LogP) is 3.04. The van der Waals surface area contributed by atoms with Gasteiger partial charge in [0.2, 0.25) is 15.9 Å². The van der Waals surface area contributed by atoms with Gasteiger partial charge in [0, 0.05) is 31.8 Å². The number of sulfonamides is 1.